The van der Waals surface area contributed by atoms with Crippen LogP contribution in [0.25, 0.3) is 0 Å². The Balaban J connectivity index is 0.000000470. The molecule has 6 aliphatic heterocycles. The van der Waals surface area contributed by atoms with E-state index >= 15 is 0 Å². The first-order chi connectivity index (χ1) is 23.6. The third-order valence-electron chi connectivity index (χ3n) is 8.97. The van der Waals surface area contributed by atoms with E-state index in [0.29, 0.717) is 48.1 Å². The van der Waals surface area contributed by atoms with Crippen LogP contribution < -0.4 is 0 Å². The summed E-state index contributed by atoms with van der Waals surface area (Å²) in [6.45, 7) is 19.1. The van der Waals surface area contributed by atoms with Crippen molar-refractivity contribution in [3.05, 3.63) is 29.8 Å². The van der Waals surface area contributed by atoms with Gasteiger partial charge in [0.05, 0.1) is 5.92 Å². The lowest BCUT2D eigenvalue weighted by Crippen LogP contribution is -2.88. The molecule has 0 unspecified atom stereocenters. The minimum Gasteiger partial charge on any atom is -0.508 e. The fourth-order valence-corrected chi connectivity index (χ4v) is 54.9. The third-order valence-corrected chi connectivity index (χ3v) is 45.4. The van der Waals surface area contributed by atoms with Crippen molar-refractivity contribution in [2.75, 3.05) is 6.23 Å². The zero-order chi connectivity index (χ0) is 36.7. The lowest BCUT2D eigenvalue weighted by Gasteiger charge is -2.62. The van der Waals surface area contributed by atoms with Gasteiger partial charge in [-0.3, -0.25) is 4.79 Å². The van der Waals surface area contributed by atoms with Crippen molar-refractivity contribution in [1.29, 1.82) is 0 Å². The smallest absolute Gasteiger partial charge is 0.508 e. The molecule has 6 fully saturated rings. The highest BCUT2D eigenvalue weighted by Crippen LogP contribution is 2.52. The first-order valence-electron chi connectivity index (χ1n) is 17.9. The Labute approximate surface area is 305 Å². The molecule has 0 spiro atoms. The molecular formula is C27H54O15Si8. The van der Waals surface area contributed by atoms with E-state index in [9.17, 15) is 4.79 Å². The van der Waals surface area contributed by atoms with Crippen LogP contribution >= 0.6 is 0 Å². The average molecular weight is 843 g/mol. The molecule has 1 aromatic rings. The SMILES string of the molecule is CC[Si]12O[Si]3(CC)O[Si]4(CC)O[Si](CC)(O1)O[Si]1(CC)O[Si](CC)(O2)O[Si](CC)(O3)O[Si](COC(=O)C(C)C)(O4)O1.CCc1ccc(O)cc1. The number of carbonyl (C=O) groups is 1. The van der Waals surface area contributed by atoms with Crippen LogP contribution in [0.1, 0.15) is 74.8 Å². The molecule has 50 heavy (non-hydrogen) atoms. The zero-order valence-corrected chi connectivity index (χ0v) is 38.9. The van der Waals surface area contributed by atoms with E-state index in [1.807, 2.05) is 60.6 Å². The first kappa shape index (κ1) is 40.9. The summed E-state index contributed by atoms with van der Waals surface area (Å²) in [6, 6.07) is 9.80. The maximum Gasteiger partial charge on any atom is 0.518 e. The van der Waals surface area contributed by atoms with Crippen molar-refractivity contribution in [3.63, 3.8) is 0 Å². The number of esters is 1. The van der Waals surface area contributed by atoms with Gasteiger partial charge < -0.3 is 59.2 Å². The van der Waals surface area contributed by atoms with Crippen LogP contribution in [0.4, 0.5) is 0 Å². The van der Waals surface area contributed by atoms with Gasteiger partial charge >= 0.3 is 76.4 Å². The highest BCUT2D eigenvalue weighted by Gasteiger charge is 2.82. The molecule has 0 aliphatic carbocycles. The summed E-state index contributed by atoms with van der Waals surface area (Å²) < 4.78 is 90.0. The van der Waals surface area contributed by atoms with Crippen LogP contribution in [0.5, 0.6) is 5.75 Å². The van der Waals surface area contributed by atoms with Crippen LogP contribution in [0, 0.1) is 5.92 Å². The van der Waals surface area contributed by atoms with Gasteiger partial charge in [0, 0.05) is 42.3 Å². The van der Waals surface area contributed by atoms with E-state index in [0.717, 1.165) is 6.42 Å². The molecule has 7 rings (SSSR count). The number of phenols is 1. The van der Waals surface area contributed by atoms with Gasteiger partial charge in [-0.25, -0.2) is 0 Å². The maximum atomic E-state index is 12.8. The molecule has 0 aromatic heterocycles. The lowest BCUT2D eigenvalue weighted by atomic mass is 10.2. The minimum atomic E-state index is -4.10. The fourth-order valence-electron chi connectivity index (χ4n) is 6.00. The molecule has 0 amide bonds. The molecule has 15 nitrogen and oxygen atoms in total. The second kappa shape index (κ2) is 15.1. The first-order valence-corrected chi connectivity index (χ1v) is 33.4. The highest BCUT2D eigenvalue weighted by molar-refractivity contribution is 7.03. The van der Waals surface area contributed by atoms with Gasteiger partial charge in [0.1, 0.15) is 5.75 Å². The van der Waals surface area contributed by atoms with Gasteiger partial charge in [0.15, 0.2) is 6.23 Å². The molecule has 0 saturated carbocycles. The topological polar surface area (TPSA) is 157 Å². The van der Waals surface area contributed by atoms with Gasteiger partial charge in [-0.05, 0) is 24.1 Å². The number of ether oxygens (including phenoxy) is 1. The summed E-state index contributed by atoms with van der Waals surface area (Å²) in [5.74, 6) is -0.461. The monoisotopic (exact) mass is 842 g/mol. The summed E-state index contributed by atoms with van der Waals surface area (Å²) in [4.78, 5) is 12.8. The van der Waals surface area contributed by atoms with E-state index in [2.05, 4.69) is 6.92 Å². The van der Waals surface area contributed by atoms with Crippen molar-refractivity contribution in [2.24, 2.45) is 5.92 Å². The summed E-state index contributed by atoms with van der Waals surface area (Å²) in [5.41, 5.74) is 1.26. The Kier molecular flexibility index (Phi) is 12.4. The number of aromatic hydroxyl groups is 1. The Bertz CT molecular complexity index is 1240. The normalized spacial score (nSPS) is 41.7. The Morgan fingerprint density at radius 2 is 0.780 bits per heavy atom. The molecule has 1 N–H and O–H groups in total. The van der Waals surface area contributed by atoms with Gasteiger partial charge in [-0.1, -0.05) is 81.4 Å². The van der Waals surface area contributed by atoms with E-state index in [-0.39, 0.29) is 12.1 Å². The molecule has 8 bridgehead atoms. The van der Waals surface area contributed by atoms with E-state index in [1.165, 1.54) is 5.56 Å². The average Bonchev–Trinajstić information content (AvgIpc) is 3.07. The van der Waals surface area contributed by atoms with Crippen LogP contribution in [-0.2, 0) is 65.3 Å². The van der Waals surface area contributed by atoms with Crippen LogP contribution in [0.15, 0.2) is 24.3 Å². The standard InChI is InChI=1S/C19H44O14Si8.C8H10O/c1-10-34-22-35(11-2)25-38(14-5)27-36(12-3,23-34)29-40(16-7)30-37(13-4,24-34)28-39(15-6,26-35)32-41(31-38,33-40)17-21-19(20)18(8)9;1-2-7-3-5-8(9)6-4-7/h18H,10-17H2,1-9H3;3-6,9H,2H2,1H3. The molecule has 6 saturated heterocycles. The third kappa shape index (κ3) is 7.92. The number of hydrogen-bond donors (Lipinski definition) is 1. The fraction of sp³-hybridized carbons (Fsp3) is 0.741. The van der Waals surface area contributed by atoms with Gasteiger partial charge in [-0.2, -0.15) is 0 Å². The molecule has 23 heteroatoms. The number of benzene rings is 1. The Morgan fingerprint density at radius 1 is 0.520 bits per heavy atom. The number of aryl methyl sites for hydroxylation is 1. The molecular weight excluding hydrogens is 789 g/mol. The van der Waals surface area contributed by atoms with Gasteiger partial charge in [0.2, 0.25) is 0 Å². The second-order valence-electron chi connectivity index (χ2n) is 12.9. The van der Waals surface area contributed by atoms with Crippen molar-refractivity contribution >= 4 is 76.4 Å². The zero-order valence-electron chi connectivity index (χ0n) is 30.9. The summed E-state index contributed by atoms with van der Waals surface area (Å²) in [6.07, 6.45) is 0.729. The van der Waals surface area contributed by atoms with Crippen LogP contribution in [0.2, 0.25) is 42.3 Å². The van der Waals surface area contributed by atoms with Crippen LogP contribution in [-0.4, -0.2) is 87.7 Å². The molecule has 284 valence electrons. The quantitative estimate of drug-likeness (QED) is 0.217. The Hall–Kier alpha value is -0.255. The number of carbonyl (C=O) groups excluding carboxylic acids is 1. The highest BCUT2D eigenvalue weighted by atomic mass is 28.6. The molecule has 6 aliphatic rings. The van der Waals surface area contributed by atoms with Crippen molar-refractivity contribution < 1.29 is 64.0 Å². The van der Waals surface area contributed by atoms with Crippen molar-refractivity contribution in [3.8, 4) is 5.75 Å². The summed E-state index contributed by atoms with van der Waals surface area (Å²) >= 11 is 0. The number of phenolic OH excluding ortho intramolecular Hbond substituents is 1. The second-order valence-corrected chi connectivity index (χ2v) is 38.9. The maximum absolute atomic E-state index is 12.8. The molecule has 0 radical (unpaired) electrons. The predicted octanol–water partition coefficient (Wildman–Crippen LogP) is 5.60. The molecule has 6 heterocycles. The van der Waals surface area contributed by atoms with E-state index < -0.39 is 76.4 Å². The Morgan fingerprint density at radius 3 is 1.00 bits per heavy atom. The van der Waals surface area contributed by atoms with Crippen LogP contribution in [0.3, 0.4) is 0 Å². The summed E-state index contributed by atoms with van der Waals surface area (Å²) in [7, 11) is -30.2. The predicted molar refractivity (Wildman–Crippen MR) is 196 cm³/mol. The van der Waals surface area contributed by atoms with Gasteiger partial charge in [0.25, 0.3) is 0 Å². The molecule has 0 atom stereocenters. The lowest BCUT2D eigenvalue weighted by molar-refractivity contribution is -0.147. The van der Waals surface area contributed by atoms with Crippen molar-refractivity contribution in [1.82, 2.24) is 0 Å². The van der Waals surface area contributed by atoms with E-state index in [1.54, 1.807) is 26.0 Å². The van der Waals surface area contributed by atoms with Crippen molar-refractivity contribution in [2.45, 2.75) is 118 Å². The summed E-state index contributed by atoms with van der Waals surface area (Å²) in [5, 5.41) is 8.85. The number of rotatable bonds is 11. The number of hydrogen-bond acceptors (Lipinski definition) is 15. The minimum absolute atomic E-state index is 0.299. The largest absolute Gasteiger partial charge is 0.518 e. The molecule has 1 aromatic carbocycles. The van der Waals surface area contributed by atoms with Gasteiger partial charge in [-0.15, -0.1) is 0 Å². The van der Waals surface area contributed by atoms with E-state index in [4.69, 9.17) is 59.2 Å².